The average Bonchev–Trinajstić information content (AvgIpc) is 3.28. The van der Waals surface area contributed by atoms with Crippen LogP contribution in [0.4, 0.5) is 4.39 Å². The van der Waals surface area contributed by atoms with Crippen molar-refractivity contribution in [1.82, 2.24) is 24.8 Å². The van der Waals surface area contributed by atoms with Gasteiger partial charge in [0.2, 0.25) is 0 Å². The van der Waals surface area contributed by atoms with E-state index in [1.54, 1.807) is 18.3 Å². The van der Waals surface area contributed by atoms with Crippen LogP contribution in [-0.4, -0.2) is 45.5 Å². The highest BCUT2D eigenvalue weighted by Crippen LogP contribution is 2.31. The summed E-state index contributed by atoms with van der Waals surface area (Å²) in [5.41, 5.74) is 1.72. The average molecular weight is 468 g/mol. The third-order valence-corrected chi connectivity index (χ3v) is 6.59. The minimum Gasteiger partial charge on any atom is -0.339 e. The van der Waals surface area contributed by atoms with Crippen molar-refractivity contribution in [2.24, 2.45) is 0 Å². The standard InChI is InChI=1S/C27H22FN5O2/c1-32-15-27(16-32,20-8-10-21(28)11-9-20)30-25(34)22-13-24-26(35)29-23(14-33(24)31-22)19-7-6-17-4-2-3-5-18(17)12-19/h2-14H,15-16H2,1H3,(H,29,35)(H,30,34). The maximum Gasteiger partial charge on any atom is 0.274 e. The SMILES string of the molecule is CN1CC(NC(=O)c2cc3c(=O)[nH]c(-c4ccc5ccccc5c4)cn3n2)(c2ccc(F)cc2)C1. The second-order valence-electron chi connectivity index (χ2n) is 9.13. The molecule has 0 spiro atoms. The van der Waals surface area contributed by atoms with Crippen LogP contribution in [0.25, 0.3) is 27.5 Å². The van der Waals surface area contributed by atoms with Crippen LogP contribution in [0.5, 0.6) is 0 Å². The molecule has 8 heteroatoms. The number of halogens is 1. The van der Waals surface area contributed by atoms with Crippen molar-refractivity contribution in [1.29, 1.82) is 0 Å². The highest BCUT2D eigenvalue weighted by molar-refractivity contribution is 5.94. The number of likely N-dealkylation sites (tertiary alicyclic amines) is 1. The number of nitrogens with one attached hydrogen (secondary N) is 2. The first kappa shape index (κ1) is 21.2. The van der Waals surface area contributed by atoms with Crippen molar-refractivity contribution in [2.45, 2.75) is 5.54 Å². The van der Waals surface area contributed by atoms with Crippen LogP contribution in [0, 0.1) is 5.82 Å². The van der Waals surface area contributed by atoms with Crippen molar-refractivity contribution in [3.63, 3.8) is 0 Å². The number of nitrogens with zero attached hydrogens (tertiary/aromatic N) is 3. The third-order valence-electron chi connectivity index (χ3n) is 6.59. The Morgan fingerprint density at radius 3 is 2.51 bits per heavy atom. The first-order valence-corrected chi connectivity index (χ1v) is 11.3. The molecular weight excluding hydrogens is 445 g/mol. The lowest BCUT2D eigenvalue weighted by Gasteiger charge is -2.49. The van der Waals surface area contributed by atoms with E-state index in [-0.39, 0.29) is 22.6 Å². The molecule has 3 aromatic carbocycles. The quantitative estimate of drug-likeness (QED) is 0.424. The summed E-state index contributed by atoms with van der Waals surface area (Å²) in [6.07, 6.45) is 1.71. The van der Waals surface area contributed by atoms with Gasteiger partial charge in [0.25, 0.3) is 11.5 Å². The Kier molecular flexibility index (Phi) is 4.79. The second kappa shape index (κ2) is 7.89. The summed E-state index contributed by atoms with van der Waals surface area (Å²) in [5.74, 6) is -0.720. The maximum atomic E-state index is 13.4. The normalized spacial score (nSPS) is 15.3. The summed E-state index contributed by atoms with van der Waals surface area (Å²) in [6, 6.07) is 21.6. The van der Waals surface area contributed by atoms with Crippen LogP contribution in [0.1, 0.15) is 16.1 Å². The maximum absolute atomic E-state index is 13.4. The van der Waals surface area contributed by atoms with Gasteiger partial charge < -0.3 is 15.2 Å². The molecule has 5 aromatic rings. The highest BCUT2D eigenvalue weighted by Gasteiger charge is 2.44. The van der Waals surface area contributed by atoms with Gasteiger partial charge in [0.15, 0.2) is 5.69 Å². The number of aromatic nitrogens is 3. The molecule has 1 aliphatic rings. The number of rotatable bonds is 4. The van der Waals surface area contributed by atoms with Crippen molar-refractivity contribution in [2.75, 3.05) is 20.1 Å². The zero-order valence-electron chi connectivity index (χ0n) is 19.0. The van der Waals surface area contributed by atoms with E-state index in [1.807, 2.05) is 49.5 Å². The molecule has 3 heterocycles. The molecule has 7 nitrogen and oxygen atoms in total. The van der Waals surface area contributed by atoms with E-state index in [1.165, 1.54) is 22.7 Å². The summed E-state index contributed by atoms with van der Waals surface area (Å²) in [5, 5.41) is 9.63. The minimum atomic E-state index is -0.641. The van der Waals surface area contributed by atoms with Crippen molar-refractivity contribution >= 4 is 22.2 Å². The van der Waals surface area contributed by atoms with E-state index in [0.717, 1.165) is 21.9 Å². The predicted octanol–water partition coefficient (Wildman–Crippen LogP) is 3.55. The molecule has 1 amide bonds. The zero-order valence-corrected chi connectivity index (χ0v) is 19.0. The fourth-order valence-corrected chi connectivity index (χ4v) is 4.88. The second-order valence-corrected chi connectivity index (χ2v) is 9.13. The number of carbonyl (C=O) groups is 1. The molecule has 0 saturated carbocycles. The molecule has 2 aromatic heterocycles. The number of likely N-dealkylation sites (N-methyl/N-ethyl adjacent to an activating group) is 1. The van der Waals surface area contributed by atoms with Gasteiger partial charge in [-0.15, -0.1) is 0 Å². The molecule has 6 rings (SSSR count). The molecule has 174 valence electrons. The lowest BCUT2D eigenvalue weighted by Crippen LogP contribution is -2.66. The lowest BCUT2D eigenvalue weighted by molar-refractivity contribution is 0.0508. The monoisotopic (exact) mass is 467 g/mol. The van der Waals surface area contributed by atoms with E-state index < -0.39 is 11.4 Å². The van der Waals surface area contributed by atoms with Crippen molar-refractivity contribution in [3.8, 4) is 11.3 Å². The summed E-state index contributed by atoms with van der Waals surface area (Å²) >= 11 is 0. The van der Waals surface area contributed by atoms with Gasteiger partial charge in [0.1, 0.15) is 11.3 Å². The molecule has 0 unspecified atom stereocenters. The molecule has 2 N–H and O–H groups in total. The summed E-state index contributed by atoms with van der Waals surface area (Å²) in [6.45, 7) is 1.18. The van der Waals surface area contributed by atoms with Gasteiger partial charge in [0, 0.05) is 24.7 Å². The van der Waals surface area contributed by atoms with Gasteiger partial charge in [-0.05, 0) is 41.6 Å². The van der Waals surface area contributed by atoms with Gasteiger partial charge >= 0.3 is 0 Å². The Balaban J connectivity index is 1.33. The topological polar surface area (TPSA) is 82.5 Å². The predicted molar refractivity (Wildman–Crippen MR) is 132 cm³/mol. The molecule has 35 heavy (non-hydrogen) atoms. The number of hydrogen-bond donors (Lipinski definition) is 2. The van der Waals surface area contributed by atoms with E-state index in [4.69, 9.17) is 0 Å². The largest absolute Gasteiger partial charge is 0.339 e. The van der Waals surface area contributed by atoms with Crippen molar-refractivity contribution in [3.05, 3.63) is 106 Å². The number of carbonyl (C=O) groups excluding carboxylic acids is 1. The van der Waals surface area contributed by atoms with Crippen LogP contribution in [0.2, 0.25) is 0 Å². The number of aromatic amines is 1. The fourth-order valence-electron chi connectivity index (χ4n) is 4.88. The summed E-state index contributed by atoms with van der Waals surface area (Å²) < 4.78 is 14.9. The van der Waals surface area contributed by atoms with E-state index in [2.05, 4.69) is 20.3 Å². The molecule has 0 atom stereocenters. The van der Waals surface area contributed by atoms with Gasteiger partial charge in [-0.25, -0.2) is 8.91 Å². The number of fused-ring (bicyclic) bond motifs is 2. The number of amides is 1. The van der Waals surface area contributed by atoms with Gasteiger partial charge in [-0.1, -0.05) is 48.5 Å². The first-order chi connectivity index (χ1) is 16.9. The zero-order chi connectivity index (χ0) is 24.2. The number of hydrogen-bond acceptors (Lipinski definition) is 4. The molecule has 1 fully saturated rings. The van der Waals surface area contributed by atoms with Crippen LogP contribution in [0.15, 0.2) is 83.8 Å². The first-order valence-electron chi connectivity index (χ1n) is 11.3. The highest BCUT2D eigenvalue weighted by atomic mass is 19.1. The van der Waals surface area contributed by atoms with Gasteiger partial charge in [-0.3, -0.25) is 9.59 Å². The van der Waals surface area contributed by atoms with Crippen LogP contribution >= 0.6 is 0 Å². The van der Waals surface area contributed by atoms with E-state index >= 15 is 0 Å². The Morgan fingerprint density at radius 1 is 1.03 bits per heavy atom. The lowest BCUT2D eigenvalue weighted by atomic mass is 9.82. The third kappa shape index (κ3) is 3.68. The molecular formula is C27H22FN5O2. The Bertz CT molecular complexity index is 1650. The molecule has 1 aliphatic heterocycles. The Labute approximate surface area is 199 Å². The van der Waals surface area contributed by atoms with Gasteiger partial charge in [0.05, 0.1) is 17.4 Å². The minimum absolute atomic E-state index is 0.141. The molecule has 1 saturated heterocycles. The Hall–Kier alpha value is -4.30. The number of H-pyrrole nitrogens is 1. The molecule has 0 radical (unpaired) electrons. The molecule has 0 bridgehead atoms. The molecule has 0 aliphatic carbocycles. The van der Waals surface area contributed by atoms with Gasteiger partial charge in [-0.2, -0.15) is 5.10 Å². The Morgan fingerprint density at radius 2 is 1.77 bits per heavy atom. The van der Waals surface area contributed by atoms with Crippen LogP contribution < -0.4 is 10.9 Å². The van der Waals surface area contributed by atoms with Crippen LogP contribution in [-0.2, 0) is 5.54 Å². The van der Waals surface area contributed by atoms with Crippen LogP contribution in [0.3, 0.4) is 0 Å². The fraction of sp³-hybridized carbons (Fsp3) is 0.148. The summed E-state index contributed by atoms with van der Waals surface area (Å²) in [4.78, 5) is 31.0. The smallest absolute Gasteiger partial charge is 0.274 e. The van der Waals surface area contributed by atoms with E-state index in [0.29, 0.717) is 18.8 Å². The summed E-state index contributed by atoms with van der Waals surface area (Å²) in [7, 11) is 1.95. The van der Waals surface area contributed by atoms with E-state index in [9.17, 15) is 14.0 Å². The number of benzene rings is 3. The van der Waals surface area contributed by atoms with Crippen molar-refractivity contribution < 1.29 is 9.18 Å².